The van der Waals surface area contributed by atoms with Crippen LogP contribution in [-0.4, -0.2) is 39.7 Å². The predicted molar refractivity (Wildman–Crippen MR) is 111 cm³/mol. The Morgan fingerprint density at radius 2 is 1.87 bits per heavy atom. The zero-order valence-corrected chi connectivity index (χ0v) is 17.2. The van der Waals surface area contributed by atoms with Crippen LogP contribution in [0.2, 0.25) is 5.02 Å². The number of hydrogen-bond acceptors (Lipinski definition) is 6. The first kappa shape index (κ1) is 21.8. The number of nitrogens with zero attached hydrogens (tertiary/aromatic N) is 3. The molecular formula is C19H18ClF2N5O2S. The second-order valence-electron chi connectivity index (χ2n) is 6.09. The number of rotatable bonds is 9. The molecule has 0 fully saturated rings. The summed E-state index contributed by atoms with van der Waals surface area (Å²) in [5, 5.41) is 11.8. The number of nitrogens with one attached hydrogen (secondary N) is 1. The van der Waals surface area contributed by atoms with E-state index in [1.807, 2.05) is 12.1 Å². The average molecular weight is 454 g/mol. The number of halogens is 3. The second-order valence-corrected chi connectivity index (χ2v) is 7.47. The summed E-state index contributed by atoms with van der Waals surface area (Å²) in [6.45, 7) is -2.40. The molecule has 0 saturated heterocycles. The molecule has 3 rings (SSSR count). The van der Waals surface area contributed by atoms with Crippen molar-refractivity contribution in [2.45, 2.75) is 18.2 Å². The molecule has 0 atom stereocenters. The highest BCUT2D eigenvalue weighted by Crippen LogP contribution is 2.24. The topological polar surface area (TPSA) is 95.1 Å². The summed E-state index contributed by atoms with van der Waals surface area (Å²) in [5.41, 5.74) is 1.65. The van der Waals surface area contributed by atoms with Crippen molar-refractivity contribution in [3.63, 3.8) is 0 Å². The number of carbonyl (C=O) groups is 1. The standard InChI is InChI=1S/C19H18ClF2N5O2S/c20-14-5-1-12(2-6-14)9-10-24-16(28)11-30-19-26-25-17(27(19)23)13-3-7-15(8-4-13)29-18(21)22/h1-8,18H,9-11,23H2,(H,24,28). The molecule has 0 unspecified atom stereocenters. The third kappa shape index (κ3) is 6.07. The minimum atomic E-state index is -2.89. The van der Waals surface area contributed by atoms with Crippen molar-refractivity contribution >= 4 is 29.3 Å². The molecule has 30 heavy (non-hydrogen) atoms. The van der Waals surface area contributed by atoms with Crippen molar-refractivity contribution in [2.24, 2.45) is 0 Å². The molecule has 0 aliphatic carbocycles. The lowest BCUT2D eigenvalue weighted by Gasteiger charge is -2.07. The maximum absolute atomic E-state index is 12.2. The number of amides is 1. The first-order chi connectivity index (χ1) is 14.4. The fourth-order valence-electron chi connectivity index (χ4n) is 2.54. The van der Waals surface area contributed by atoms with Crippen LogP contribution in [0.15, 0.2) is 53.7 Å². The minimum absolute atomic E-state index is 0.0294. The van der Waals surface area contributed by atoms with Crippen LogP contribution in [0.25, 0.3) is 11.4 Å². The van der Waals surface area contributed by atoms with E-state index < -0.39 is 6.61 Å². The Morgan fingerprint density at radius 3 is 2.53 bits per heavy atom. The quantitative estimate of drug-likeness (QED) is 0.381. The zero-order chi connectivity index (χ0) is 21.5. The van der Waals surface area contributed by atoms with Gasteiger partial charge in [0.05, 0.1) is 5.75 Å². The molecule has 158 valence electrons. The summed E-state index contributed by atoms with van der Waals surface area (Å²) < 4.78 is 30.0. The largest absolute Gasteiger partial charge is 0.435 e. The van der Waals surface area contributed by atoms with E-state index in [-0.39, 0.29) is 17.4 Å². The number of nitrogen functional groups attached to an aromatic ring is 1. The van der Waals surface area contributed by atoms with Crippen molar-refractivity contribution in [3.05, 3.63) is 59.1 Å². The number of ether oxygens (including phenoxy) is 1. The number of aromatic nitrogens is 3. The van der Waals surface area contributed by atoms with E-state index in [9.17, 15) is 13.6 Å². The normalized spacial score (nSPS) is 10.9. The molecule has 1 aromatic heterocycles. The fraction of sp³-hybridized carbons (Fsp3) is 0.211. The summed E-state index contributed by atoms with van der Waals surface area (Å²) in [5.74, 6) is 6.33. The van der Waals surface area contributed by atoms with Gasteiger partial charge in [-0.15, -0.1) is 10.2 Å². The van der Waals surface area contributed by atoms with Crippen LogP contribution < -0.4 is 15.9 Å². The molecule has 0 saturated carbocycles. The molecule has 1 amide bonds. The SMILES string of the molecule is Nn1c(SCC(=O)NCCc2ccc(Cl)cc2)nnc1-c1ccc(OC(F)F)cc1. The van der Waals surface area contributed by atoms with Gasteiger partial charge >= 0.3 is 6.61 Å². The third-order valence-corrected chi connectivity index (χ3v) is 5.18. The molecule has 0 radical (unpaired) electrons. The van der Waals surface area contributed by atoms with Crippen molar-refractivity contribution < 1.29 is 18.3 Å². The number of carbonyl (C=O) groups excluding carboxylic acids is 1. The molecule has 3 N–H and O–H groups in total. The molecule has 0 aliphatic rings. The van der Waals surface area contributed by atoms with Crippen LogP contribution in [-0.2, 0) is 11.2 Å². The number of thioether (sulfide) groups is 1. The van der Waals surface area contributed by atoms with E-state index in [2.05, 4.69) is 20.3 Å². The van der Waals surface area contributed by atoms with Gasteiger partial charge in [0.1, 0.15) is 5.75 Å². The number of nitrogens with two attached hydrogens (primary N) is 1. The smallest absolute Gasteiger partial charge is 0.387 e. The van der Waals surface area contributed by atoms with Crippen molar-refractivity contribution in [2.75, 3.05) is 18.1 Å². The number of hydrogen-bond donors (Lipinski definition) is 2. The van der Waals surface area contributed by atoms with Crippen LogP contribution in [0.1, 0.15) is 5.56 Å². The van der Waals surface area contributed by atoms with E-state index in [1.54, 1.807) is 24.3 Å². The minimum Gasteiger partial charge on any atom is -0.435 e. The predicted octanol–water partition coefficient (Wildman–Crippen LogP) is 3.36. The van der Waals surface area contributed by atoms with Gasteiger partial charge in [-0.25, -0.2) is 4.68 Å². The Bertz CT molecular complexity index is 984. The molecular weight excluding hydrogens is 436 g/mol. The Morgan fingerprint density at radius 1 is 1.17 bits per heavy atom. The maximum atomic E-state index is 12.2. The summed E-state index contributed by atoms with van der Waals surface area (Å²) in [6, 6.07) is 13.3. The highest BCUT2D eigenvalue weighted by molar-refractivity contribution is 7.99. The summed E-state index contributed by atoms with van der Waals surface area (Å²) in [4.78, 5) is 12.0. The molecule has 11 heteroatoms. The lowest BCUT2D eigenvalue weighted by atomic mass is 10.1. The molecule has 0 spiro atoms. The van der Waals surface area contributed by atoms with Crippen molar-refractivity contribution in [1.82, 2.24) is 20.2 Å². The van der Waals surface area contributed by atoms with Crippen LogP contribution in [0.3, 0.4) is 0 Å². The van der Waals surface area contributed by atoms with Crippen LogP contribution in [0.5, 0.6) is 5.75 Å². The zero-order valence-electron chi connectivity index (χ0n) is 15.6. The van der Waals surface area contributed by atoms with Gasteiger partial charge in [0, 0.05) is 17.1 Å². The van der Waals surface area contributed by atoms with E-state index in [4.69, 9.17) is 17.4 Å². The van der Waals surface area contributed by atoms with Gasteiger partial charge in [-0.1, -0.05) is 35.5 Å². The molecule has 0 aliphatic heterocycles. The van der Waals surface area contributed by atoms with Gasteiger partial charge in [0.2, 0.25) is 11.1 Å². The van der Waals surface area contributed by atoms with Crippen molar-refractivity contribution in [3.8, 4) is 17.1 Å². The molecule has 2 aromatic carbocycles. The Hall–Kier alpha value is -2.85. The Kier molecular flexibility index (Phi) is 7.47. The van der Waals surface area contributed by atoms with E-state index in [1.165, 1.54) is 16.8 Å². The van der Waals surface area contributed by atoms with Gasteiger partial charge in [0.15, 0.2) is 5.82 Å². The number of benzene rings is 2. The molecule has 1 heterocycles. The monoisotopic (exact) mass is 453 g/mol. The van der Waals surface area contributed by atoms with Gasteiger partial charge in [-0.2, -0.15) is 8.78 Å². The summed E-state index contributed by atoms with van der Waals surface area (Å²) in [6.07, 6.45) is 0.691. The second kappa shape index (κ2) is 10.3. The van der Waals surface area contributed by atoms with Gasteiger partial charge in [-0.3, -0.25) is 4.79 Å². The molecule has 0 bridgehead atoms. The summed E-state index contributed by atoms with van der Waals surface area (Å²) in [7, 11) is 0. The highest BCUT2D eigenvalue weighted by Gasteiger charge is 2.14. The first-order valence-corrected chi connectivity index (χ1v) is 10.2. The highest BCUT2D eigenvalue weighted by atomic mass is 35.5. The van der Waals surface area contributed by atoms with Gasteiger partial charge in [-0.05, 0) is 48.4 Å². The fourth-order valence-corrected chi connectivity index (χ4v) is 3.35. The number of alkyl halides is 2. The van der Waals surface area contributed by atoms with E-state index in [0.717, 1.165) is 17.3 Å². The van der Waals surface area contributed by atoms with Gasteiger partial charge in [0.25, 0.3) is 0 Å². The Labute approximate surface area is 180 Å². The Balaban J connectivity index is 1.49. The third-order valence-electron chi connectivity index (χ3n) is 3.98. The molecule has 7 nitrogen and oxygen atoms in total. The first-order valence-electron chi connectivity index (χ1n) is 8.82. The van der Waals surface area contributed by atoms with Crippen LogP contribution in [0.4, 0.5) is 8.78 Å². The van der Waals surface area contributed by atoms with E-state index in [0.29, 0.717) is 34.5 Å². The molecule has 3 aromatic rings. The maximum Gasteiger partial charge on any atom is 0.387 e. The van der Waals surface area contributed by atoms with Crippen molar-refractivity contribution in [1.29, 1.82) is 0 Å². The lowest BCUT2D eigenvalue weighted by molar-refractivity contribution is -0.118. The van der Waals surface area contributed by atoms with E-state index >= 15 is 0 Å². The average Bonchev–Trinajstić information content (AvgIpc) is 3.08. The van der Waals surface area contributed by atoms with Crippen LogP contribution >= 0.6 is 23.4 Å². The van der Waals surface area contributed by atoms with Gasteiger partial charge < -0.3 is 15.9 Å². The lowest BCUT2D eigenvalue weighted by Crippen LogP contribution is -2.27. The summed E-state index contributed by atoms with van der Waals surface area (Å²) >= 11 is 6.99. The van der Waals surface area contributed by atoms with Crippen LogP contribution in [0, 0.1) is 0 Å².